The zero-order chi connectivity index (χ0) is 18.0. The molecule has 3 N–H and O–H groups in total. The lowest BCUT2D eigenvalue weighted by atomic mass is 9.98. The van der Waals surface area contributed by atoms with Gasteiger partial charge in [-0.3, -0.25) is 9.59 Å². The normalized spacial score (nSPS) is 21.5. The number of rotatable bonds is 4. The lowest BCUT2D eigenvalue weighted by molar-refractivity contribution is -0.267. The van der Waals surface area contributed by atoms with Gasteiger partial charge in [0.05, 0.1) is 6.42 Å². The minimum atomic E-state index is -5.07. The molecule has 1 fully saturated rings. The monoisotopic (exact) mass is 365 g/mol. The summed E-state index contributed by atoms with van der Waals surface area (Å²) in [6, 6.07) is -0.893. The Hall–Kier alpha value is -1.68. The van der Waals surface area contributed by atoms with Crippen molar-refractivity contribution in [3.05, 3.63) is 16.1 Å². The van der Waals surface area contributed by atoms with Gasteiger partial charge in [-0.05, 0) is 26.2 Å². The summed E-state index contributed by atoms with van der Waals surface area (Å²) < 4.78 is 40.0. The van der Waals surface area contributed by atoms with Crippen LogP contribution in [-0.2, 0) is 15.2 Å². The van der Waals surface area contributed by atoms with Gasteiger partial charge < -0.3 is 15.7 Å². The van der Waals surface area contributed by atoms with Gasteiger partial charge in [0.2, 0.25) is 17.4 Å². The molecule has 2 amide bonds. The van der Waals surface area contributed by atoms with E-state index in [0.717, 1.165) is 6.42 Å². The molecule has 0 saturated carbocycles. The van der Waals surface area contributed by atoms with Gasteiger partial charge in [0.25, 0.3) is 0 Å². The van der Waals surface area contributed by atoms with Gasteiger partial charge in [-0.25, -0.2) is 4.98 Å². The maximum atomic E-state index is 13.3. The molecule has 6 nitrogen and oxygen atoms in total. The molecule has 1 aliphatic heterocycles. The maximum absolute atomic E-state index is 13.3. The molecule has 0 bridgehead atoms. The van der Waals surface area contributed by atoms with Crippen LogP contribution in [0.2, 0.25) is 0 Å². The van der Waals surface area contributed by atoms with Crippen LogP contribution in [0.25, 0.3) is 0 Å². The minimum absolute atomic E-state index is 0.321. The molecular weight excluding hydrogens is 347 g/mol. The van der Waals surface area contributed by atoms with E-state index in [1.165, 1.54) is 12.3 Å². The second-order valence-corrected chi connectivity index (χ2v) is 6.59. The summed E-state index contributed by atoms with van der Waals surface area (Å²) in [5.74, 6) is -1.48. The lowest BCUT2D eigenvalue weighted by Crippen LogP contribution is -2.50. The van der Waals surface area contributed by atoms with Crippen LogP contribution >= 0.6 is 11.3 Å². The SMILES string of the molecule is Cc1csc(C(O)(CC(=O)NC2CCCCNC2=O)C(F)(F)F)n1. The molecule has 1 aliphatic rings. The standard InChI is InChI=1S/C14H18F3N3O3S/c1-8-7-24-12(19-8)13(23,14(15,16)17)6-10(21)20-9-4-2-3-5-18-11(9)22/h7,9,23H,2-6H2,1H3,(H,18,22)(H,20,21). The summed E-state index contributed by atoms with van der Waals surface area (Å²) in [5, 5.41) is 15.7. The number of alkyl halides is 3. The van der Waals surface area contributed by atoms with Crippen LogP contribution in [0.5, 0.6) is 0 Å². The van der Waals surface area contributed by atoms with Crippen LogP contribution in [0.1, 0.15) is 36.4 Å². The summed E-state index contributed by atoms with van der Waals surface area (Å²) in [4.78, 5) is 27.5. The molecule has 0 spiro atoms. The number of nitrogens with one attached hydrogen (secondary N) is 2. The van der Waals surface area contributed by atoms with E-state index in [0.29, 0.717) is 36.4 Å². The van der Waals surface area contributed by atoms with Crippen molar-refractivity contribution in [2.24, 2.45) is 0 Å². The van der Waals surface area contributed by atoms with Crippen molar-refractivity contribution in [1.29, 1.82) is 0 Å². The van der Waals surface area contributed by atoms with E-state index < -0.39 is 41.1 Å². The van der Waals surface area contributed by atoms with Gasteiger partial charge in [-0.15, -0.1) is 11.3 Å². The Morgan fingerprint density at radius 2 is 2.21 bits per heavy atom. The first kappa shape index (κ1) is 18.7. The average Bonchev–Trinajstić information content (AvgIpc) is 2.81. The van der Waals surface area contributed by atoms with E-state index in [9.17, 15) is 27.9 Å². The van der Waals surface area contributed by atoms with Gasteiger partial charge in [-0.1, -0.05) is 0 Å². The summed E-state index contributed by atoms with van der Waals surface area (Å²) in [5.41, 5.74) is -3.06. The van der Waals surface area contributed by atoms with Crippen molar-refractivity contribution in [2.45, 2.75) is 50.4 Å². The molecule has 0 aliphatic carbocycles. The highest BCUT2D eigenvalue weighted by atomic mass is 32.1. The van der Waals surface area contributed by atoms with Gasteiger partial charge in [0.1, 0.15) is 11.0 Å². The third-order valence-electron chi connectivity index (χ3n) is 3.73. The highest BCUT2D eigenvalue weighted by Crippen LogP contribution is 2.42. The predicted molar refractivity (Wildman–Crippen MR) is 80.2 cm³/mol. The molecule has 1 saturated heterocycles. The van der Waals surface area contributed by atoms with Crippen LogP contribution in [0, 0.1) is 6.92 Å². The number of hydrogen-bond acceptors (Lipinski definition) is 5. The van der Waals surface area contributed by atoms with Crippen molar-refractivity contribution in [3.8, 4) is 0 Å². The van der Waals surface area contributed by atoms with E-state index in [1.54, 1.807) is 0 Å². The molecule has 1 aromatic heterocycles. The fraction of sp³-hybridized carbons (Fsp3) is 0.643. The third-order valence-corrected chi connectivity index (χ3v) is 4.84. The number of amides is 2. The summed E-state index contributed by atoms with van der Waals surface area (Å²) in [6.45, 7) is 1.96. The topological polar surface area (TPSA) is 91.3 Å². The lowest BCUT2D eigenvalue weighted by Gasteiger charge is -2.28. The van der Waals surface area contributed by atoms with Gasteiger partial charge in [0.15, 0.2) is 0 Å². The zero-order valence-electron chi connectivity index (χ0n) is 12.9. The van der Waals surface area contributed by atoms with Crippen LogP contribution in [0.4, 0.5) is 13.2 Å². The minimum Gasteiger partial charge on any atom is -0.374 e. The Kier molecular flexibility index (Phi) is 5.49. The predicted octanol–water partition coefficient (Wildman–Crippen LogP) is 1.38. The van der Waals surface area contributed by atoms with E-state index in [4.69, 9.17) is 0 Å². The Morgan fingerprint density at radius 3 is 2.79 bits per heavy atom. The largest absolute Gasteiger partial charge is 0.424 e. The molecule has 2 unspecified atom stereocenters. The fourth-order valence-corrected chi connectivity index (χ4v) is 3.31. The summed E-state index contributed by atoms with van der Waals surface area (Å²) in [7, 11) is 0. The summed E-state index contributed by atoms with van der Waals surface area (Å²) >= 11 is 0.635. The number of thiazole rings is 1. The van der Waals surface area contributed by atoms with Crippen LogP contribution in [0.15, 0.2) is 5.38 Å². The Labute approximate surface area is 140 Å². The number of nitrogens with zero attached hydrogens (tertiary/aromatic N) is 1. The van der Waals surface area contributed by atoms with Crippen molar-refractivity contribution < 1.29 is 27.9 Å². The van der Waals surface area contributed by atoms with Crippen molar-refractivity contribution in [2.75, 3.05) is 6.54 Å². The number of hydrogen-bond donors (Lipinski definition) is 3. The first-order valence-electron chi connectivity index (χ1n) is 7.42. The van der Waals surface area contributed by atoms with Crippen LogP contribution < -0.4 is 10.6 Å². The highest BCUT2D eigenvalue weighted by Gasteiger charge is 2.58. The maximum Gasteiger partial charge on any atom is 0.424 e. The van der Waals surface area contributed by atoms with Crippen molar-refractivity contribution in [3.63, 3.8) is 0 Å². The van der Waals surface area contributed by atoms with Crippen LogP contribution in [0.3, 0.4) is 0 Å². The number of halogens is 3. The number of carbonyl (C=O) groups is 2. The van der Waals surface area contributed by atoms with E-state index in [2.05, 4.69) is 15.6 Å². The zero-order valence-corrected chi connectivity index (χ0v) is 13.8. The molecule has 2 atom stereocenters. The molecule has 10 heteroatoms. The summed E-state index contributed by atoms with van der Waals surface area (Å²) in [6.07, 6.45) is -4.56. The number of carbonyl (C=O) groups excluding carboxylic acids is 2. The molecule has 0 aromatic carbocycles. The van der Waals surface area contributed by atoms with Gasteiger partial charge >= 0.3 is 6.18 Å². The van der Waals surface area contributed by atoms with Gasteiger partial charge in [0, 0.05) is 17.6 Å². The van der Waals surface area contributed by atoms with E-state index in [-0.39, 0.29) is 0 Å². The third kappa shape index (κ3) is 4.04. The van der Waals surface area contributed by atoms with Crippen molar-refractivity contribution >= 4 is 23.2 Å². The molecule has 2 rings (SSSR count). The molecular formula is C14H18F3N3O3S. The molecule has 1 aromatic rings. The number of aryl methyl sites for hydroxylation is 1. The Morgan fingerprint density at radius 1 is 1.50 bits per heavy atom. The molecule has 0 radical (unpaired) electrons. The van der Waals surface area contributed by atoms with E-state index >= 15 is 0 Å². The van der Waals surface area contributed by atoms with Crippen molar-refractivity contribution in [1.82, 2.24) is 15.6 Å². The van der Waals surface area contributed by atoms with E-state index in [1.807, 2.05) is 0 Å². The Bertz CT molecular complexity index is 620. The highest BCUT2D eigenvalue weighted by molar-refractivity contribution is 7.09. The van der Waals surface area contributed by atoms with Crippen LogP contribution in [-0.4, -0.2) is 40.7 Å². The Balaban J connectivity index is 2.14. The second kappa shape index (κ2) is 7.06. The fourth-order valence-electron chi connectivity index (χ4n) is 2.40. The smallest absolute Gasteiger partial charge is 0.374 e. The van der Waals surface area contributed by atoms with Gasteiger partial charge in [-0.2, -0.15) is 13.2 Å². The molecule has 2 heterocycles. The second-order valence-electron chi connectivity index (χ2n) is 5.74. The first-order chi connectivity index (χ1) is 11.1. The quantitative estimate of drug-likeness (QED) is 0.752. The molecule has 24 heavy (non-hydrogen) atoms. The average molecular weight is 365 g/mol. The molecule has 134 valence electrons. The number of aromatic nitrogens is 1. The first-order valence-corrected chi connectivity index (χ1v) is 8.30. The number of aliphatic hydroxyl groups is 1.